The minimum Gasteiger partial charge on any atom is -0.406 e. The lowest BCUT2D eigenvalue weighted by Gasteiger charge is -2.15. The number of aliphatic hydroxyl groups is 1. The molecule has 30 heavy (non-hydrogen) atoms. The third kappa shape index (κ3) is 5.98. The first kappa shape index (κ1) is 21.7. The van der Waals surface area contributed by atoms with Gasteiger partial charge in [0.25, 0.3) is 0 Å². The van der Waals surface area contributed by atoms with Gasteiger partial charge >= 0.3 is 6.36 Å². The van der Waals surface area contributed by atoms with Gasteiger partial charge in [-0.15, -0.1) is 13.2 Å². The zero-order valence-corrected chi connectivity index (χ0v) is 16.5. The molecule has 1 aromatic heterocycles. The Kier molecular flexibility index (Phi) is 6.63. The highest BCUT2D eigenvalue weighted by Gasteiger charge is 2.31. The van der Waals surface area contributed by atoms with Crippen LogP contribution in [0.1, 0.15) is 6.92 Å². The first-order valence-electron chi connectivity index (χ1n) is 8.88. The van der Waals surface area contributed by atoms with E-state index in [0.29, 0.717) is 27.8 Å². The van der Waals surface area contributed by atoms with Gasteiger partial charge in [-0.2, -0.15) is 4.98 Å². The van der Waals surface area contributed by atoms with Gasteiger partial charge in [0.05, 0.1) is 23.0 Å². The predicted octanol–water partition coefficient (Wildman–Crippen LogP) is 5.23. The van der Waals surface area contributed by atoms with Crippen molar-refractivity contribution in [2.45, 2.75) is 19.3 Å². The van der Waals surface area contributed by atoms with Gasteiger partial charge in [-0.25, -0.2) is 4.98 Å². The fraction of sp³-hybridized carbons (Fsp3) is 0.200. The van der Waals surface area contributed by atoms with Crippen molar-refractivity contribution in [2.24, 2.45) is 0 Å². The van der Waals surface area contributed by atoms with Crippen LogP contribution in [-0.4, -0.2) is 34.1 Å². The summed E-state index contributed by atoms with van der Waals surface area (Å²) in [6, 6.07) is 13.7. The molecule has 0 aliphatic rings. The van der Waals surface area contributed by atoms with Crippen molar-refractivity contribution in [3.63, 3.8) is 0 Å². The number of benzene rings is 2. The van der Waals surface area contributed by atoms with Crippen molar-refractivity contribution in [3.05, 3.63) is 59.6 Å². The van der Waals surface area contributed by atoms with Gasteiger partial charge in [0.15, 0.2) is 0 Å². The van der Waals surface area contributed by atoms with Crippen LogP contribution in [0.5, 0.6) is 5.75 Å². The molecule has 3 N–H and O–H groups in total. The number of hydrogen-bond acceptors (Lipinski definition) is 6. The van der Waals surface area contributed by atoms with Crippen molar-refractivity contribution >= 4 is 29.1 Å². The molecular weight excluding hydrogens is 421 g/mol. The average molecular weight is 439 g/mol. The van der Waals surface area contributed by atoms with Crippen LogP contribution in [0.25, 0.3) is 11.3 Å². The first-order valence-corrected chi connectivity index (χ1v) is 9.25. The number of nitrogens with one attached hydrogen (secondary N) is 2. The molecule has 0 saturated heterocycles. The fourth-order valence-corrected chi connectivity index (χ4v) is 2.73. The second kappa shape index (κ2) is 9.19. The second-order valence-corrected chi connectivity index (χ2v) is 6.78. The van der Waals surface area contributed by atoms with Crippen LogP contribution in [0.2, 0.25) is 5.02 Å². The number of para-hydroxylation sites is 1. The van der Waals surface area contributed by atoms with Gasteiger partial charge in [-0.3, -0.25) is 0 Å². The van der Waals surface area contributed by atoms with Crippen molar-refractivity contribution in [3.8, 4) is 17.0 Å². The lowest BCUT2D eigenvalue weighted by molar-refractivity contribution is -0.274. The molecule has 1 heterocycles. The van der Waals surface area contributed by atoms with Crippen LogP contribution in [0.4, 0.5) is 30.6 Å². The summed E-state index contributed by atoms with van der Waals surface area (Å²) in [6.45, 7) is 1.57. The molecule has 6 nitrogen and oxygen atoms in total. The second-order valence-electron chi connectivity index (χ2n) is 6.37. The third-order valence-corrected chi connectivity index (χ3v) is 4.21. The molecule has 0 spiro atoms. The molecule has 1 atom stereocenters. The van der Waals surface area contributed by atoms with E-state index < -0.39 is 6.36 Å². The predicted molar refractivity (Wildman–Crippen MR) is 109 cm³/mol. The van der Waals surface area contributed by atoms with Gasteiger partial charge in [0.1, 0.15) is 11.6 Å². The highest BCUT2D eigenvalue weighted by atomic mass is 35.5. The lowest BCUT2D eigenvalue weighted by Crippen LogP contribution is -2.21. The van der Waals surface area contributed by atoms with E-state index in [1.807, 2.05) is 0 Å². The molecule has 0 aliphatic carbocycles. The maximum absolute atomic E-state index is 12.6. The Morgan fingerprint density at radius 3 is 2.57 bits per heavy atom. The zero-order valence-electron chi connectivity index (χ0n) is 15.7. The van der Waals surface area contributed by atoms with Gasteiger partial charge in [0, 0.05) is 17.7 Å². The van der Waals surface area contributed by atoms with Crippen LogP contribution in [-0.2, 0) is 0 Å². The standard InChI is InChI=1S/C20H18ClF3N4O2/c1-12(11-29)25-19-27-17(13-5-4-6-14(9-13)30-20(22,23)24)10-18(28-19)26-16-8-3-2-7-15(16)21/h2-10,12,29H,11H2,1H3,(H2,25,26,27,28)/t12-/m1/s1. The van der Waals surface area contributed by atoms with E-state index in [9.17, 15) is 18.3 Å². The first-order chi connectivity index (χ1) is 14.2. The summed E-state index contributed by atoms with van der Waals surface area (Å²) in [7, 11) is 0. The van der Waals surface area contributed by atoms with Crippen LogP contribution < -0.4 is 15.4 Å². The quantitative estimate of drug-likeness (QED) is 0.468. The van der Waals surface area contributed by atoms with Crippen molar-refractivity contribution in [2.75, 3.05) is 17.2 Å². The summed E-state index contributed by atoms with van der Waals surface area (Å²) in [5, 5.41) is 15.8. The SMILES string of the molecule is C[C@H](CO)Nc1nc(Nc2ccccc2Cl)cc(-c2cccc(OC(F)(F)F)c2)n1. The molecule has 0 amide bonds. The summed E-state index contributed by atoms with van der Waals surface area (Å²) in [4.78, 5) is 8.70. The van der Waals surface area contributed by atoms with E-state index in [4.69, 9.17) is 11.6 Å². The van der Waals surface area contributed by atoms with Crippen LogP contribution in [0.3, 0.4) is 0 Å². The van der Waals surface area contributed by atoms with E-state index in [2.05, 4.69) is 25.3 Å². The van der Waals surface area contributed by atoms with Gasteiger partial charge < -0.3 is 20.5 Å². The molecule has 2 aromatic carbocycles. The van der Waals surface area contributed by atoms with E-state index >= 15 is 0 Å². The maximum atomic E-state index is 12.6. The largest absolute Gasteiger partial charge is 0.573 e. The number of aliphatic hydroxyl groups excluding tert-OH is 1. The number of anilines is 3. The third-order valence-electron chi connectivity index (χ3n) is 3.88. The number of ether oxygens (including phenoxy) is 1. The Balaban J connectivity index is 2.00. The minimum atomic E-state index is -4.80. The lowest BCUT2D eigenvalue weighted by atomic mass is 10.1. The Hall–Kier alpha value is -3.04. The number of aromatic nitrogens is 2. The van der Waals surface area contributed by atoms with E-state index in [1.54, 1.807) is 43.3 Å². The van der Waals surface area contributed by atoms with E-state index in [1.165, 1.54) is 18.2 Å². The van der Waals surface area contributed by atoms with E-state index in [-0.39, 0.29) is 24.3 Å². The summed E-state index contributed by atoms with van der Waals surface area (Å²) in [6.07, 6.45) is -4.80. The summed E-state index contributed by atoms with van der Waals surface area (Å²) < 4.78 is 41.7. The number of rotatable bonds is 7. The maximum Gasteiger partial charge on any atom is 0.573 e. The number of alkyl halides is 3. The van der Waals surface area contributed by atoms with Gasteiger partial charge in [-0.05, 0) is 31.2 Å². The highest BCUT2D eigenvalue weighted by molar-refractivity contribution is 6.33. The van der Waals surface area contributed by atoms with Crippen molar-refractivity contribution in [1.29, 1.82) is 0 Å². The Morgan fingerprint density at radius 2 is 1.87 bits per heavy atom. The van der Waals surface area contributed by atoms with Gasteiger partial charge in [-0.1, -0.05) is 35.9 Å². The van der Waals surface area contributed by atoms with Crippen molar-refractivity contribution in [1.82, 2.24) is 9.97 Å². The smallest absolute Gasteiger partial charge is 0.406 e. The van der Waals surface area contributed by atoms with Crippen molar-refractivity contribution < 1.29 is 23.0 Å². The molecule has 0 aliphatic heterocycles. The van der Waals surface area contributed by atoms with Crippen LogP contribution in [0, 0.1) is 0 Å². The topological polar surface area (TPSA) is 79.3 Å². The Bertz CT molecular complexity index is 1020. The van der Waals surface area contributed by atoms with Gasteiger partial charge in [0.2, 0.25) is 5.95 Å². The normalized spacial score (nSPS) is 12.3. The molecular formula is C20H18ClF3N4O2. The van der Waals surface area contributed by atoms with E-state index in [0.717, 1.165) is 0 Å². The Morgan fingerprint density at radius 1 is 1.10 bits per heavy atom. The minimum absolute atomic E-state index is 0.157. The average Bonchev–Trinajstić information content (AvgIpc) is 2.68. The highest BCUT2D eigenvalue weighted by Crippen LogP contribution is 2.30. The molecule has 0 bridgehead atoms. The molecule has 158 valence electrons. The monoisotopic (exact) mass is 438 g/mol. The van der Waals surface area contributed by atoms with Crippen LogP contribution >= 0.6 is 11.6 Å². The zero-order chi connectivity index (χ0) is 21.7. The fourth-order valence-electron chi connectivity index (χ4n) is 2.54. The van der Waals surface area contributed by atoms with Crippen LogP contribution in [0.15, 0.2) is 54.6 Å². The summed E-state index contributed by atoms with van der Waals surface area (Å²) in [5.41, 5.74) is 1.33. The molecule has 0 radical (unpaired) electrons. The molecule has 3 aromatic rings. The summed E-state index contributed by atoms with van der Waals surface area (Å²) >= 11 is 6.18. The molecule has 10 heteroatoms. The number of hydrogen-bond donors (Lipinski definition) is 3. The molecule has 0 fully saturated rings. The summed E-state index contributed by atoms with van der Waals surface area (Å²) in [5.74, 6) is 0.186. The molecule has 0 unspecified atom stereocenters. The Labute approximate surface area is 175 Å². The molecule has 3 rings (SSSR count). The number of halogens is 4. The number of nitrogens with zero attached hydrogens (tertiary/aromatic N) is 2. The molecule has 0 saturated carbocycles.